The van der Waals surface area contributed by atoms with Gasteiger partial charge < -0.3 is 19.7 Å². The van der Waals surface area contributed by atoms with Gasteiger partial charge in [0, 0.05) is 21.0 Å². The van der Waals surface area contributed by atoms with Crippen LogP contribution in [-0.2, 0) is 9.53 Å². The molecule has 1 saturated heterocycles. The molecule has 1 amide bonds. The van der Waals surface area contributed by atoms with Crippen molar-refractivity contribution in [1.82, 2.24) is 10.3 Å². The van der Waals surface area contributed by atoms with Crippen molar-refractivity contribution in [3.8, 4) is 5.75 Å². The average Bonchev–Trinajstić information content (AvgIpc) is 2.99. The van der Waals surface area contributed by atoms with Crippen LogP contribution < -0.4 is 15.0 Å². The molecule has 1 aromatic heterocycles. The third-order valence-corrected chi connectivity index (χ3v) is 9.85. The van der Waals surface area contributed by atoms with Crippen molar-refractivity contribution in [2.45, 2.75) is 70.2 Å². The number of benzene rings is 2. The summed E-state index contributed by atoms with van der Waals surface area (Å²) in [6.07, 6.45) is -0.751. The maximum Gasteiger partial charge on any atom is 0.573 e. The molecule has 7 rings (SSSR count). The van der Waals surface area contributed by atoms with Crippen molar-refractivity contribution in [1.29, 1.82) is 0 Å². The van der Waals surface area contributed by atoms with Crippen molar-refractivity contribution in [2.75, 3.05) is 24.6 Å². The van der Waals surface area contributed by atoms with Gasteiger partial charge in [-0.05, 0) is 68.9 Å². The minimum atomic E-state index is -4.98. The molecule has 3 aliphatic carbocycles. The van der Waals surface area contributed by atoms with Crippen LogP contribution in [0.3, 0.4) is 0 Å². The highest BCUT2D eigenvalue weighted by Crippen LogP contribution is 2.56. The van der Waals surface area contributed by atoms with Crippen molar-refractivity contribution in [3.05, 3.63) is 69.7 Å². The van der Waals surface area contributed by atoms with Crippen LogP contribution in [0.1, 0.15) is 66.9 Å². The van der Waals surface area contributed by atoms with Crippen LogP contribution in [0.4, 0.5) is 27.8 Å². The van der Waals surface area contributed by atoms with E-state index in [1.807, 2.05) is 6.92 Å². The summed E-state index contributed by atoms with van der Waals surface area (Å²) in [5, 5.41) is 3.63. The maximum atomic E-state index is 14.5. The Balaban J connectivity index is 1.45. The summed E-state index contributed by atoms with van der Waals surface area (Å²) in [7, 11) is 0. The van der Waals surface area contributed by atoms with Crippen LogP contribution in [0.15, 0.2) is 53.0 Å². The smallest absolute Gasteiger partial charge is 0.465 e. The first-order valence-electron chi connectivity index (χ1n) is 15.5. The molecule has 3 aromatic rings. The Morgan fingerprint density at radius 2 is 1.77 bits per heavy atom. The highest BCUT2D eigenvalue weighted by atomic mass is 79.9. The number of esters is 1. The zero-order chi connectivity index (χ0) is 33.8. The molecule has 2 bridgehead atoms. The second-order valence-electron chi connectivity index (χ2n) is 12.6. The zero-order valence-corrected chi connectivity index (χ0v) is 27.4. The maximum absolute atomic E-state index is 14.5. The number of pyridine rings is 1. The Bertz CT molecular complexity index is 1760. The molecular formula is C34H33BrF5N3O4. The van der Waals surface area contributed by atoms with Gasteiger partial charge in [-0.25, -0.2) is 13.8 Å². The SMILES string of the molecule is CCCCOC(=O)C12C=C(c3ccccc3OC(F)(F)F)C(NC(=O)c3c(C)c(N4CC(F)(F)C4)nc4ccc(Br)cc34)(CC1)CC2. The summed E-state index contributed by atoms with van der Waals surface area (Å²) in [6, 6.07) is 10.8. The molecule has 1 saturated carbocycles. The zero-order valence-electron chi connectivity index (χ0n) is 25.8. The van der Waals surface area contributed by atoms with E-state index in [0.717, 1.165) is 6.42 Å². The number of halogens is 6. The molecule has 4 aliphatic rings. The number of hydrogen-bond donors (Lipinski definition) is 1. The molecule has 2 fully saturated rings. The Morgan fingerprint density at radius 3 is 2.43 bits per heavy atom. The number of amides is 1. The molecule has 0 radical (unpaired) electrons. The van der Waals surface area contributed by atoms with Gasteiger partial charge in [-0.15, -0.1) is 13.2 Å². The lowest BCUT2D eigenvalue weighted by Gasteiger charge is -2.51. The molecule has 0 unspecified atom stereocenters. The number of carbonyl (C=O) groups is 2. The largest absolute Gasteiger partial charge is 0.573 e. The number of nitrogens with one attached hydrogen (secondary N) is 1. The van der Waals surface area contributed by atoms with Gasteiger partial charge in [-0.2, -0.15) is 0 Å². The number of para-hydroxylation sites is 1. The third kappa shape index (κ3) is 6.30. The van der Waals surface area contributed by atoms with Crippen LogP contribution in [0.5, 0.6) is 5.75 Å². The number of fused-ring (bicyclic) bond motifs is 3. The summed E-state index contributed by atoms with van der Waals surface area (Å²) in [6.45, 7) is 2.77. The monoisotopic (exact) mass is 721 g/mol. The quantitative estimate of drug-likeness (QED) is 0.137. The lowest BCUT2D eigenvalue weighted by molar-refractivity contribution is -0.274. The Morgan fingerprint density at radius 1 is 1.06 bits per heavy atom. The summed E-state index contributed by atoms with van der Waals surface area (Å²) >= 11 is 3.44. The van der Waals surface area contributed by atoms with Crippen molar-refractivity contribution < 1.29 is 41.0 Å². The minimum Gasteiger partial charge on any atom is -0.465 e. The first-order valence-corrected chi connectivity index (χ1v) is 16.3. The average molecular weight is 723 g/mol. The van der Waals surface area contributed by atoms with Gasteiger partial charge in [0.25, 0.3) is 11.8 Å². The first-order chi connectivity index (χ1) is 22.2. The van der Waals surface area contributed by atoms with Crippen molar-refractivity contribution in [3.63, 3.8) is 0 Å². The fourth-order valence-electron chi connectivity index (χ4n) is 6.96. The van der Waals surface area contributed by atoms with Crippen LogP contribution in [-0.4, -0.2) is 54.4 Å². The predicted octanol–water partition coefficient (Wildman–Crippen LogP) is 8.13. The lowest BCUT2D eigenvalue weighted by Crippen LogP contribution is -2.58. The second-order valence-corrected chi connectivity index (χ2v) is 13.5. The van der Waals surface area contributed by atoms with Crippen LogP contribution in [0.2, 0.25) is 0 Å². The van der Waals surface area contributed by atoms with Gasteiger partial charge in [0.15, 0.2) is 0 Å². The van der Waals surface area contributed by atoms with Crippen LogP contribution in [0.25, 0.3) is 16.5 Å². The summed E-state index contributed by atoms with van der Waals surface area (Å²) in [5.74, 6) is -4.06. The molecule has 0 spiro atoms. The number of unbranched alkanes of at least 4 members (excludes halogenated alkanes) is 1. The molecule has 2 heterocycles. The minimum absolute atomic E-state index is 0.0952. The first kappa shape index (κ1) is 33.2. The van der Waals surface area contributed by atoms with Gasteiger partial charge in [-0.1, -0.05) is 53.5 Å². The second kappa shape index (κ2) is 12.1. The molecule has 7 nitrogen and oxygen atoms in total. The van der Waals surface area contributed by atoms with Gasteiger partial charge >= 0.3 is 12.3 Å². The number of nitrogens with zero attached hydrogens (tertiary/aromatic N) is 2. The number of aromatic nitrogens is 1. The van der Waals surface area contributed by atoms with E-state index in [9.17, 15) is 31.5 Å². The molecular weight excluding hydrogens is 689 g/mol. The lowest BCUT2D eigenvalue weighted by atomic mass is 9.57. The van der Waals surface area contributed by atoms with E-state index in [1.165, 1.54) is 23.1 Å². The van der Waals surface area contributed by atoms with Gasteiger partial charge in [0.1, 0.15) is 11.6 Å². The van der Waals surface area contributed by atoms with E-state index >= 15 is 0 Å². The van der Waals surface area contributed by atoms with E-state index in [1.54, 1.807) is 37.3 Å². The van der Waals surface area contributed by atoms with Crippen molar-refractivity contribution in [2.24, 2.45) is 5.41 Å². The number of ether oxygens (including phenoxy) is 2. The van der Waals surface area contributed by atoms with Crippen LogP contribution >= 0.6 is 15.9 Å². The summed E-state index contributed by atoms with van der Waals surface area (Å²) in [4.78, 5) is 34.0. The topological polar surface area (TPSA) is 80.8 Å². The standard InChI is InChI=1S/C34H33BrF5N3O4/c1-3-4-15-46-30(45)31-11-13-32(14-12-31,24(17-31)22-7-5-6-8-26(22)47-34(38,39)40)42-29(44)27-20(2)28(43-18-33(36,37)19-43)41-25-10-9-21(35)16-23(25)27/h5-10,16-17H,3-4,11-15,18-19H2,1-2H3,(H,42,44). The molecule has 0 atom stereocenters. The molecule has 250 valence electrons. The van der Waals surface area contributed by atoms with E-state index < -0.39 is 54.0 Å². The third-order valence-electron chi connectivity index (χ3n) is 9.36. The fraction of sp³-hybridized carbons (Fsp3) is 0.441. The van der Waals surface area contributed by atoms with E-state index in [4.69, 9.17) is 4.74 Å². The molecule has 1 aliphatic heterocycles. The summed E-state index contributed by atoms with van der Waals surface area (Å²) < 4.78 is 79.1. The highest BCUT2D eigenvalue weighted by molar-refractivity contribution is 9.10. The van der Waals surface area contributed by atoms with E-state index in [-0.39, 0.29) is 36.4 Å². The van der Waals surface area contributed by atoms with Crippen LogP contribution in [0, 0.1) is 12.3 Å². The number of carbonyl (C=O) groups excluding carboxylic acids is 2. The van der Waals surface area contributed by atoms with Gasteiger partial charge in [0.05, 0.1) is 41.7 Å². The Hall–Kier alpha value is -3.74. The number of rotatable bonds is 9. The van der Waals surface area contributed by atoms with Gasteiger partial charge in [-0.3, -0.25) is 9.59 Å². The Kier molecular flexibility index (Phi) is 8.51. The number of hydrogen-bond acceptors (Lipinski definition) is 6. The predicted molar refractivity (Wildman–Crippen MR) is 169 cm³/mol. The normalized spacial score (nSPS) is 23.2. The van der Waals surface area contributed by atoms with Gasteiger partial charge in [0.2, 0.25) is 0 Å². The molecule has 47 heavy (non-hydrogen) atoms. The number of alkyl halides is 5. The highest BCUT2D eigenvalue weighted by Gasteiger charge is 2.55. The molecule has 2 aromatic carbocycles. The summed E-state index contributed by atoms with van der Waals surface area (Å²) in [5.41, 5.74) is -0.795. The Labute approximate surface area is 276 Å². The fourth-order valence-corrected chi connectivity index (χ4v) is 7.32. The number of anilines is 1. The molecule has 1 N–H and O–H groups in total. The van der Waals surface area contributed by atoms with E-state index in [2.05, 4.69) is 31.0 Å². The van der Waals surface area contributed by atoms with Crippen molar-refractivity contribution >= 4 is 50.1 Å². The molecule has 13 heteroatoms. The van der Waals surface area contributed by atoms with E-state index in [0.29, 0.717) is 45.8 Å².